The molecule has 0 radical (unpaired) electrons. The molecular formula is C28H39N9O2. The zero-order valence-corrected chi connectivity index (χ0v) is 23.3. The van der Waals surface area contributed by atoms with E-state index in [4.69, 9.17) is 9.72 Å². The molecule has 2 unspecified atom stereocenters. The summed E-state index contributed by atoms with van der Waals surface area (Å²) in [5.41, 5.74) is 3.76. The number of aliphatic imine (C=N–C) groups is 1. The fraction of sp³-hybridized carbons (Fsp3) is 0.500. The van der Waals surface area contributed by atoms with Gasteiger partial charge in [-0.15, -0.1) is 10.2 Å². The average molecular weight is 534 g/mol. The predicted octanol–water partition coefficient (Wildman–Crippen LogP) is 3.62. The van der Waals surface area contributed by atoms with Crippen LogP contribution in [-0.4, -0.2) is 50.0 Å². The zero-order chi connectivity index (χ0) is 27.6. The Hall–Kier alpha value is -3.86. The predicted molar refractivity (Wildman–Crippen MR) is 151 cm³/mol. The summed E-state index contributed by atoms with van der Waals surface area (Å²) in [6.07, 6.45) is 8.65. The molecule has 3 heterocycles. The van der Waals surface area contributed by atoms with E-state index in [1.54, 1.807) is 24.1 Å². The van der Waals surface area contributed by atoms with E-state index in [0.717, 1.165) is 66.9 Å². The Bertz CT molecular complexity index is 1330. The molecule has 2 aromatic heterocycles. The van der Waals surface area contributed by atoms with Gasteiger partial charge < -0.3 is 15.4 Å². The van der Waals surface area contributed by atoms with E-state index in [1.165, 1.54) is 0 Å². The van der Waals surface area contributed by atoms with E-state index in [1.807, 2.05) is 25.1 Å². The van der Waals surface area contributed by atoms with Crippen LogP contribution in [0.1, 0.15) is 81.4 Å². The second-order valence-corrected chi connectivity index (χ2v) is 9.50. The normalized spacial score (nSPS) is 15.6. The van der Waals surface area contributed by atoms with Gasteiger partial charge in [-0.2, -0.15) is 5.21 Å². The summed E-state index contributed by atoms with van der Waals surface area (Å²) in [6, 6.07) is 8.25. The highest BCUT2D eigenvalue weighted by Gasteiger charge is 2.22. The molecule has 0 amide bonds. The van der Waals surface area contributed by atoms with Crippen LogP contribution >= 0.6 is 0 Å². The molecule has 208 valence electrons. The first kappa shape index (κ1) is 28.2. The van der Waals surface area contributed by atoms with Gasteiger partial charge in [0.05, 0.1) is 19.0 Å². The number of ether oxygens (including phenoxy) is 1. The Labute approximate surface area is 229 Å². The first-order chi connectivity index (χ1) is 19.1. The van der Waals surface area contributed by atoms with E-state index >= 15 is 0 Å². The number of allylic oxidation sites excluding steroid dienone is 1. The number of methoxy groups -OCH3 is 1. The van der Waals surface area contributed by atoms with Gasteiger partial charge in [0.2, 0.25) is 12.1 Å². The lowest BCUT2D eigenvalue weighted by atomic mass is 9.97. The number of rotatable bonds is 14. The molecule has 1 aliphatic rings. The number of hydrogen-bond acceptors (Lipinski definition) is 9. The molecular weight excluding hydrogens is 494 g/mol. The molecule has 0 aliphatic carbocycles. The maximum absolute atomic E-state index is 13.9. The van der Waals surface area contributed by atoms with E-state index in [2.05, 4.69) is 56.2 Å². The summed E-state index contributed by atoms with van der Waals surface area (Å²) < 4.78 is 6.92. The Balaban J connectivity index is 1.52. The van der Waals surface area contributed by atoms with Gasteiger partial charge in [-0.25, -0.2) is 9.98 Å². The van der Waals surface area contributed by atoms with Crippen molar-refractivity contribution in [2.75, 3.05) is 13.7 Å². The summed E-state index contributed by atoms with van der Waals surface area (Å²) in [4.78, 5) is 23.4. The van der Waals surface area contributed by atoms with Crippen LogP contribution in [0.15, 0.2) is 46.0 Å². The number of H-pyrrole nitrogens is 1. The van der Waals surface area contributed by atoms with Crippen LogP contribution in [-0.2, 0) is 24.0 Å². The van der Waals surface area contributed by atoms with Gasteiger partial charge in [0, 0.05) is 29.8 Å². The summed E-state index contributed by atoms with van der Waals surface area (Å²) in [5.74, 6) is 1.93. The minimum Gasteiger partial charge on any atom is -0.494 e. The average Bonchev–Trinajstić information content (AvgIpc) is 3.52. The molecule has 0 fully saturated rings. The first-order valence-corrected chi connectivity index (χ1v) is 13.8. The van der Waals surface area contributed by atoms with Crippen molar-refractivity contribution in [3.63, 3.8) is 0 Å². The maximum atomic E-state index is 13.9. The molecule has 1 aromatic carbocycles. The molecule has 0 saturated heterocycles. The van der Waals surface area contributed by atoms with Crippen molar-refractivity contribution in [3.8, 4) is 11.4 Å². The third-order valence-corrected chi connectivity index (χ3v) is 6.97. The van der Waals surface area contributed by atoms with E-state index in [0.29, 0.717) is 24.4 Å². The SMILES string of the molecule is CCCCc1nc(CC)n(C2N=CC(OC)=CN2)c(=O)c1CCCNC(CC)c1ccccc1-c1nn[nH]n1. The smallest absolute Gasteiger partial charge is 0.260 e. The van der Waals surface area contributed by atoms with Crippen molar-refractivity contribution < 1.29 is 4.74 Å². The van der Waals surface area contributed by atoms with E-state index in [9.17, 15) is 4.79 Å². The fourth-order valence-electron chi connectivity index (χ4n) is 4.90. The summed E-state index contributed by atoms with van der Waals surface area (Å²) >= 11 is 0. The second kappa shape index (κ2) is 13.8. The molecule has 11 nitrogen and oxygen atoms in total. The molecule has 39 heavy (non-hydrogen) atoms. The number of nitrogens with one attached hydrogen (secondary N) is 3. The highest BCUT2D eigenvalue weighted by Crippen LogP contribution is 2.27. The Kier molecular flexibility index (Phi) is 9.96. The molecule has 0 spiro atoms. The van der Waals surface area contributed by atoms with Crippen LogP contribution in [0.25, 0.3) is 11.4 Å². The molecule has 0 bridgehead atoms. The second-order valence-electron chi connectivity index (χ2n) is 9.50. The molecule has 3 N–H and O–H groups in total. The summed E-state index contributed by atoms with van der Waals surface area (Å²) in [5, 5.41) is 21.4. The maximum Gasteiger partial charge on any atom is 0.260 e. The molecule has 3 aromatic rings. The van der Waals surface area contributed by atoms with Gasteiger partial charge in [-0.05, 0) is 49.4 Å². The lowest BCUT2D eigenvalue weighted by Crippen LogP contribution is -2.38. The third kappa shape index (κ3) is 6.59. The van der Waals surface area contributed by atoms with E-state index < -0.39 is 6.29 Å². The minimum atomic E-state index is -0.540. The zero-order valence-electron chi connectivity index (χ0n) is 23.3. The topological polar surface area (TPSA) is 135 Å². The molecule has 11 heteroatoms. The summed E-state index contributed by atoms with van der Waals surface area (Å²) in [7, 11) is 1.59. The Morgan fingerprint density at radius 3 is 2.67 bits per heavy atom. The lowest BCUT2D eigenvalue weighted by Gasteiger charge is -2.24. The number of unbranched alkanes of at least 4 members (excludes halogenated alkanes) is 1. The van der Waals surface area contributed by atoms with Crippen LogP contribution in [0.5, 0.6) is 0 Å². The van der Waals surface area contributed by atoms with Crippen molar-refractivity contribution >= 4 is 6.21 Å². The number of aryl methyl sites for hydroxylation is 2. The molecule has 0 saturated carbocycles. The molecule has 1 aliphatic heterocycles. The van der Waals surface area contributed by atoms with Crippen LogP contribution < -0.4 is 16.2 Å². The van der Waals surface area contributed by atoms with E-state index in [-0.39, 0.29) is 11.6 Å². The van der Waals surface area contributed by atoms with Gasteiger partial charge in [-0.3, -0.25) is 9.36 Å². The number of benzene rings is 1. The van der Waals surface area contributed by atoms with Crippen LogP contribution in [0.4, 0.5) is 0 Å². The number of hydrogen-bond donors (Lipinski definition) is 3. The van der Waals surface area contributed by atoms with Crippen molar-refractivity contribution in [2.45, 2.75) is 78.0 Å². The fourth-order valence-corrected chi connectivity index (χ4v) is 4.90. The highest BCUT2D eigenvalue weighted by atomic mass is 16.5. The van der Waals surface area contributed by atoms with Gasteiger partial charge in [0.25, 0.3) is 5.56 Å². The quantitative estimate of drug-likeness (QED) is 0.268. The van der Waals surface area contributed by atoms with Crippen molar-refractivity contribution in [1.82, 2.24) is 40.8 Å². The van der Waals surface area contributed by atoms with Gasteiger partial charge in [0.1, 0.15) is 5.82 Å². The summed E-state index contributed by atoms with van der Waals surface area (Å²) in [6.45, 7) is 7.08. The minimum absolute atomic E-state index is 0.0219. The monoisotopic (exact) mass is 533 g/mol. The van der Waals surface area contributed by atoms with Crippen LogP contribution in [0.2, 0.25) is 0 Å². The number of aromatic nitrogens is 6. The number of nitrogens with zero attached hydrogens (tertiary/aromatic N) is 6. The van der Waals surface area contributed by atoms with Gasteiger partial charge in [0.15, 0.2) is 5.76 Å². The van der Waals surface area contributed by atoms with Gasteiger partial charge >= 0.3 is 0 Å². The van der Waals surface area contributed by atoms with Gasteiger partial charge in [-0.1, -0.05) is 51.5 Å². The standard InChI is InChI=1S/C28H39N9O2/c1-5-8-15-24-22(27(38)37(25(7-3)32-24)28-30-17-19(39-4)18-31-28)14-11-16-29-23(6-2)20-12-9-10-13-21(20)26-33-35-36-34-26/h9-10,12-13,17-18,23,28-30H,5-8,11,14-16H2,1-4H3,(H,33,34,35,36). The Morgan fingerprint density at radius 1 is 1.15 bits per heavy atom. The lowest BCUT2D eigenvalue weighted by molar-refractivity contribution is 0.303. The highest BCUT2D eigenvalue weighted by molar-refractivity contribution is 5.76. The first-order valence-electron chi connectivity index (χ1n) is 13.8. The van der Waals surface area contributed by atoms with Crippen molar-refractivity contribution in [2.24, 2.45) is 4.99 Å². The molecule has 2 atom stereocenters. The molecule has 4 rings (SSSR count). The van der Waals surface area contributed by atoms with Crippen molar-refractivity contribution in [1.29, 1.82) is 0 Å². The van der Waals surface area contributed by atoms with Crippen LogP contribution in [0.3, 0.4) is 0 Å². The van der Waals surface area contributed by atoms with Crippen molar-refractivity contribution in [3.05, 3.63) is 69.2 Å². The third-order valence-electron chi connectivity index (χ3n) is 6.97. The Morgan fingerprint density at radius 2 is 2.00 bits per heavy atom. The number of tetrazole rings is 1. The largest absolute Gasteiger partial charge is 0.494 e. The number of aromatic amines is 1. The van der Waals surface area contributed by atoms with Crippen LogP contribution in [0, 0.1) is 0 Å².